The molecule has 1 aromatic heterocycles. The molecule has 94 valence electrons. The molecule has 0 fully saturated rings. The molecular weight excluding hydrogens is 238 g/mol. The van der Waals surface area contributed by atoms with Crippen LogP contribution < -0.4 is 10.1 Å². The maximum atomic E-state index is 8.97. The van der Waals surface area contributed by atoms with E-state index in [0.29, 0.717) is 18.0 Å². The first-order chi connectivity index (χ1) is 9.26. The Morgan fingerprint density at radius 1 is 1.37 bits per heavy atom. The van der Waals surface area contributed by atoms with Gasteiger partial charge in [-0.2, -0.15) is 5.26 Å². The molecule has 0 bridgehead atoms. The summed E-state index contributed by atoms with van der Waals surface area (Å²) < 4.78 is 5.61. The summed E-state index contributed by atoms with van der Waals surface area (Å²) in [7, 11) is 0. The fraction of sp³-hybridized carbons (Fsp3) is 0.200. The van der Waals surface area contributed by atoms with Crippen LogP contribution in [0.3, 0.4) is 0 Å². The second-order valence-electron chi connectivity index (χ2n) is 4.54. The van der Waals surface area contributed by atoms with Crippen LogP contribution in [-0.2, 0) is 0 Å². The molecule has 1 N–H and O–H groups in total. The van der Waals surface area contributed by atoms with Crippen molar-refractivity contribution in [3.05, 3.63) is 53.2 Å². The largest absolute Gasteiger partial charge is 0.491 e. The molecule has 0 saturated carbocycles. The standard InChI is InChI=1S/C15H13N3O/c1-10-6-11(8-16)7-15(17-10)18-13-9-19-14-5-3-2-4-12(13)14/h2-7,13H,9H2,1H3,(H,17,18). The molecule has 4 heteroatoms. The zero-order valence-electron chi connectivity index (χ0n) is 10.6. The number of nitrogens with zero attached hydrogens (tertiary/aromatic N) is 2. The summed E-state index contributed by atoms with van der Waals surface area (Å²) in [5.74, 6) is 1.62. The molecular formula is C15H13N3O. The number of para-hydroxylation sites is 1. The predicted molar refractivity (Wildman–Crippen MR) is 72.0 cm³/mol. The molecule has 0 saturated heterocycles. The second kappa shape index (κ2) is 4.62. The Kier molecular flexibility index (Phi) is 2.81. The summed E-state index contributed by atoms with van der Waals surface area (Å²) in [5.41, 5.74) is 2.57. The van der Waals surface area contributed by atoms with E-state index in [9.17, 15) is 0 Å². The number of fused-ring (bicyclic) bond motifs is 1. The lowest BCUT2D eigenvalue weighted by Gasteiger charge is -2.13. The first kappa shape index (κ1) is 11.5. The number of hydrogen-bond donors (Lipinski definition) is 1. The smallest absolute Gasteiger partial charge is 0.128 e. The van der Waals surface area contributed by atoms with Gasteiger partial charge in [0.15, 0.2) is 0 Å². The van der Waals surface area contributed by atoms with E-state index in [1.807, 2.05) is 31.2 Å². The molecule has 1 aliphatic heterocycles. The van der Waals surface area contributed by atoms with Gasteiger partial charge in [-0.3, -0.25) is 0 Å². The Bertz CT molecular complexity index is 661. The van der Waals surface area contributed by atoms with Gasteiger partial charge < -0.3 is 10.1 Å². The Morgan fingerprint density at radius 2 is 2.21 bits per heavy atom. The molecule has 3 rings (SSSR count). The number of aromatic nitrogens is 1. The van der Waals surface area contributed by atoms with Gasteiger partial charge in [0.05, 0.1) is 17.7 Å². The highest BCUT2D eigenvalue weighted by atomic mass is 16.5. The Hall–Kier alpha value is -2.54. The van der Waals surface area contributed by atoms with Crippen LogP contribution in [0.25, 0.3) is 0 Å². The summed E-state index contributed by atoms with van der Waals surface area (Å²) in [6.07, 6.45) is 0. The van der Waals surface area contributed by atoms with Gasteiger partial charge in [-0.1, -0.05) is 18.2 Å². The van der Waals surface area contributed by atoms with Gasteiger partial charge in [0.1, 0.15) is 18.2 Å². The maximum Gasteiger partial charge on any atom is 0.128 e. The van der Waals surface area contributed by atoms with Crippen molar-refractivity contribution in [2.45, 2.75) is 13.0 Å². The van der Waals surface area contributed by atoms with Crippen LogP contribution in [-0.4, -0.2) is 11.6 Å². The van der Waals surface area contributed by atoms with Gasteiger partial charge in [-0.15, -0.1) is 0 Å². The highest BCUT2D eigenvalue weighted by molar-refractivity contribution is 5.49. The Morgan fingerprint density at radius 3 is 3.05 bits per heavy atom. The minimum absolute atomic E-state index is 0.0806. The van der Waals surface area contributed by atoms with Crippen LogP contribution in [0.4, 0.5) is 5.82 Å². The van der Waals surface area contributed by atoms with Crippen LogP contribution in [0, 0.1) is 18.3 Å². The van der Waals surface area contributed by atoms with Crippen molar-refractivity contribution in [3.63, 3.8) is 0 Å². The minimum atomic E-state index is 0.0806. The topological polar surface area (TPSA) is 57.9 Å². The zero-order valence-corrected chi connectivity index (χ0v) is 10.6. The Labute approximate surface area is 111 Å². The van der Waals surface area contributed by atoms with E-state index in [4.69, 9.17) is 10.00 Å². The van der Waals surface area contributed by atoms with Crippen molar-refractivity contribution >= 4 is 5.82 Å². The number of rotatable bonds is 2. The predicted octanol–water partition coefficient (Wildman–Crippen LogP) is 2.81. The fourth-order valence-corrected chi connectivity index (χ4v) is 2.27. The van der Waals surface area contributed by atoms with Crippen LogP contribution in [0.2, 0.25) is 0 Å². The van der Waals surface area contributed by atoms with Crippen LogP contribution in [0.15, 0.2) is 36.4 Å². The number of nitrogens with one attached hydrogen (secondary N) is 1. The average molecular weight is 251 g/mol. The number of benzene rings is 1. The van der Waals surface area contributed by atoms with Gasteiger partial charge in [0.25, 0.3) is 0 Å². The van der Waals surface area contributed by atoms with Crippen molar-refractivity contribution in [2.24, 2.45) is 0 Å². The first-order valence-corrected chi connectivity index (χ1v) is 6.13. The van der Waals surface area contributed by atoms with Crippen molar-refractivity contribution in [2.75, 3.05) is 11.9 Å². The van der Waals surface area contributed by atoms with Crippen LogP contribution in [0.5, 0.6) is 5.75 Å². The molecule has 0 aliphatic carbocycles. The summed E-state index contributed by atoms with van der Waals surface area (Å²) >= 11 is 0. The monoisotopic (exact) mass is 251 g/mol. The molecule has 0 spiro atoms. The van der Waals surface area contributed by atoms with Crippen molar-refractivity contribution < 1.29 is 4.74 Å². The Balaban J connectivity index is 1.88. The van der Waals surface area contributed by atoms with Crippen molar-refractivity contribution in [1.82, 2.24) is 4.98 Å². The van der Waals surface area contributed by atoms with E-state index in [0.717, 1.165) is 17.0 Å². The fourth-order valence-electron chi connectivity index (χ4n) is 2.27. The molecule has 0 radical (unpaired) electrons. The van der Waals surface area contributed by atoms with E-state index in [-0.39, 0.29) is 6.04 Å². The van der Waals surface area contributed by atoms with Gasteiger partial charge in [0, 0.05) is 11.3 Å². The third kappa shape index (κ3) is 2.23. The van der Waals surface area contributed by atoms with Gasteiger partial charge in [0.2, 0.25) is 0 Å². The van der Waals surface area contributed by atoms with Gasteiger partial charge in [-0.05, 0) is 25.1 Å². The van der Waals surface area contributed by atoms with Gasteiger partial charge >= 0.3 is 0 Å². The van der Waals surface area contributed by atoms with Crippen LogP contribution >= 0.6 is 0 Å². The molecule has 1 unspecified atom stereocenters. The zero-order chi connectivity index (χ0) is 13.2. The SMILES string of the molecule is Cc1cc(C#N)cc(NC2COc3ccccc32)n1. The van der Waals surface area contributed by atoms with Crippen molar-refractivity contribution in [3.8, 4) is 11.8 Å². The molecule has 2 heterocycles. The number of anilines is 1. The highest BCUT2D eigenvalue weighted by Gasteiger charge is 2.23. The lowest BCUT2D eigenvalue weighted by atomic mass is 10.1. The lowest BCUT2D eigenvalue weighted by Crippen LogP contribution is -2.13. The average Bonchev–Trinajstić information content (AvgIpc) is 2.82. The third-order valence-corrected chi connectivity index (χ3v) is 3.10. The normalized spacial score (nSPS) is 16.3. The van der Waals surface area contributed by atoms with Crippen LogP contribution in [0.1, 0.15) is 22.9 Å². The first-order valence-electron chi connectivity index (χ1n) is 6.13. The molecule has 0 amide bonds. The number of hydrogen-bond acceptors (Lipinski definition) is 4. The van der Waals surface area contributed by atoms with E-state index in [1.165, 1.54) is 0 Å². The lowest BCUT2D eigenvalue weighted by molar-refractivity contribution is 0.339. The maximum absolute atomic E-state index is 8.97. The minimum Gasteiger partial charge on any atom is -0.491 e. The number of nitriles is 1. The molecule has 4 nitrogen and oxygen atoms in total. The highest BCUT2D eigenvalue weighted by Crippen LogP contribution is 2.33. The quantitative estimate of drug-likeness (QED) is 0.891. The summed E-state index contributed by atoms with van der Waals surface area (Å²) in [4.78, 5) is 4.40. The third-order valence-electron chi connectivity index (χ3n) is 3.10. The number of ether oxygens (including phenoxy) is 1. The van der Waals surface area contributed by atoms with E-state index in [2.05, 4.69) is 16.4 Å². The summed E-state index contributed by atoms with van der Waals surface area (Å²) in [5, 5.41) is 12.3. The molecule has 1 atom stereocenters. The molecule has 1 aliphatic rings. The molecule has 19 heavy (non-hydrogen) atoms. The van der Waals surface area contributed by atoms with E-state index in [1.54, 1.807) is 12.1 Å². The summed E-state index contributed by atoms with van der Waals surface area (Å²) in [6, 6.07) is 13.7. The number of pyridine rings is 1. The second-order valence-corrected chi connectivity index (χ2v) is 4.54. The van der Waals surface area contributed by atoms with E-state index >= 15 is 0 Å². The number of aryl methyl sites for hydroxylation is 1. The van der Waals surface area contributed by atoms with Gasteiger partial charge in [-0.25, -0.2) is 4.98 Å². The molecule has 2 aromatic rings. The van der Waals surface area contributed by atoms with E-state index < -0.39 is 0 Å². The van der Waals surface area contributed by atoms with Crippen molar-refractivity contribution in [1.29, 1.82) is 5.26 Å². The molecule has 1 aromatic carbocycles. The summed E-state index contributed by atoms with van der Waals surface area (Å²) in [6.45, 7) is 2.46.